The molecule has 0 aromatic heterocycles. The molecule has 1 atom stereocenters. The largest absolute Gasteiger partial charge is 0.368 e. The molecule has 0 radical (unpaired) electrons. The SMILES string of the molecule is CCCNC(CSCc1ccccc1Cl)C(N)=O. The van der Waals surface area contributed by atoms with Gasteiger partial charge in [-0.25, -0.2) is 0 Å². The Morgan fingerprint density at radius 3 is 2.83 bits per heavy atom. The van der Waals surface area contributed by atoms with Crippen molar-refractivity contribution in [2.75, 3.05) is 12.3 Å². The van der Waals surface area contributed by atoms with Crippen molar-refractivity contribution in [3.8, 4) is 0 Å². The van der Waals surface area contributed by atoms with Crippen LogP contribution in [-0.4, -0.2) is 24.2 Å². The van der Waals surface area contributed by atoms with Crippen molar-refractivity contribution in [3.63, 3.8) is 0 Å². The zero-order valence-corrected chi connectivity index (χ0v) is 12.1. The van der Waals surface area contributed by atoms with Crippen molar-refractivity contribution < 1.29 is 4.79 Å². The van der Waals surface area contributed by atoms with Crippen LogP contribution in [0, 0.1) is 0 Å². The topological polar surface area (TPSA) is 55.1 Å². The zero-order chi connectivity index (χ0) is 13.4. The lowest BCUT2D eigenvalue weighted by Gasteiger charge is -2.14. The molecule has 0 aliphatic heterocycles. The maximum Gasteiger partial charge on any atom is 0.235 e. The van der Waals surface area contributed by atoms with E-state index in [0.717, 1.165) is 29.3 Å². The van der Waals surface area contributed by atoms with Gasteiger partial charge in [0, 0.05) is 16.5 Å². The number of carbonyl (C=O) groups excluding carboxylic acids is 1. The third kappa shape index (κ3) is 5.29. The summed E-state index contributed by atoms with van der Waals surface area (Å²) in [5, 5.41) is 3.91. The van der Waals surface area contributed by atoms with Crippen molar-refractivity contribution in [1.29, 1.82) is 0 Å². The molecule has 0 saturated carbocycles. The molecular formula is C13H19ClN2OS. The third-order valence-corrected chi connectivity index (χ3v) is 3.94. The van der Waals surface area contributed by atoms with Gasteiger partial charge in [-0.2, -0.15) is 11.8 Å². The lowest BCUT2D eigenvalue weighted by molar-refractivity contribution is -0.119. The number of hydrogen-bond acceptors (Lipinski definition) is 3. The van der Waals surface area contributed by atoms with Gasteiger partial charge in [0.2, 0.25) is 5.91 Å². The Balaban J connectivity index is 2.39. The minimum atomic E-state index is -0.296. The van der Waals surface area contributed by atoms with Crippen molar-refractivity contribution >= 4 is 29.3 Å². The second-order valence-corrected chi connectivity index (χ2v) is 5.45. The van der Waals surface area contributed by atoms with Gasteiger partial charge in [-0.15, -0.1) is 0 Å². The first kappa shape index (κ1) is 15.3. The minimum Gasteiger partial charge on any atom is -0.368 e. The Bertz CT molecular complexity index is 387. The highest BCUT2D eigenvalue weighted by molar-refractivity contribution is 7.98. The molecule has 0 aliphatic rings. The molecule has 0 saturated heterocycles. The molecule has 100 valence electrons. The van der Waals surface area contributed by atoms with Crippen LogP contribution in [0.2, 0.25) is 5.02 Å². The lowest BCUT2D eigenvalue weighted by Crippen LogP contribution is -2.43. The zero-order valence-electron chi connectivity index (χ0n) is 10.5. The van der Waals surface area contributed by atoms with Gasteiger partial charge >= 0.3 is 0 Å². The van der Waals surface area contributed by atoms with E-state index in [1.165, 1.54) is 0 Å². The average molecular weight is 287 g/mol. The predicted octanol–water partition coefficient (Wildman–Crippen LogP) is 2.43. The van der Waals surface area contributed by atoms with Crippen LogP contribution in [0.15, 0.2) is 24.3 Å². The summed E-state index contributed by atoms with van der Waals surface area (Å²) in [5.74, 6) is 1.16. The molecule has 1 rings (SSSR count). The summed E-state index contributed by atoms with van der Waals surface area (Å²) < 4.78 is 0. The van der Waals surface area contributed by atoms with Crippen LogP contribution in [0.5, 0.6) is 0 Å². The fraction of sp³-hybridized carbons (Fsp3) is 0.462. The van der Waals surface area contributed by atoms with Crippen LogP contribution in [0.3, 0.4) is 0 Å². The molecule has 0 bridgehead atoms. The van der Waals surface area contributed by atoms with Crippen LogP contribution in [0.4, 0.5) is 0 Å². The van der Waals surface area contributed by atoms with Crippen molar-refractivity contribution in [2.45, 2.75) is 25.1 Å². The number of halogens is 1. The Kier molecular flexibility index (Phi) is 7.16. The van der Waals surface area contributed by atoms with E-state index >= 15 is 0 Å². The molecule has 0 heterocycles. The Hall–Kier alpha value is -0.710. The number of thioether (sulfide) groups is 1. The summed E-state index contributed by atoms with van der Waals surface area (Å²) in [6.07, 6.45) is 0.985. The maximum atomic E-state index is 11.2. The molecular weight excluding hydrogens is 268 g/mol. The fourth-order valence-electron chi connectivity index (χ4n) is 1.46. The second kappa shape index (κ2) is 8.40. The fourth-order valence-corrected chi connectivity index (χ4v) is 2.85. The number of nitrogens with two attached hydrogens (primary N) is 1. The Morgan fingerprint density at radius 2 is 2.22 bits per heavy atom. The molecule has 1 unspecified atom stereocenters. The molecule has 0 spiro atoms. The van der Waals surface area contributed by atoms with Gasteiger partial charge in [0.25, 0.3) is 0 Å². The van der Waals surface area contributed by atoms with E-state index in [-0.39, 0.29) is 11.9 Å². The second-order valence-electron chi connectivity index (χ2n) is 4.02. The Morgan fingerprint density at radius 1 is 1.50 bits per heavy atom. The molecule has 0 aliphatic carbocycles. The highest BCUT2D eigenvalue weighted by Crippen LogP contribution is 2.21. The van der Waals surface area contributed by atoms with Crippen molar-refractivity contribution in [2.24, 2.45) is 5.73 Å². The maximum absolute atomic E-state index is 11.2. The van der Waals surface area contributed by atoms with Gasteiger partial charge in [-0.05, 0) is 24.6 Å². The molecule has 1 aromatic rings. The average Bonchev–Trinajstić information content (AvgIpc) is 2.35. The smallest absolute Gasteiger partial charge is 0.235 e. The monoisotopic (exact) mass is 286 g/mol. The van der Waals surface area contributed by atoms with Gasteiger partial charge in [-0.1, -0.05) is 36.7 Å². The van der Waals surface area contributed by atoms with E-state index in [1.807, 2.05) is 24.3 Å². The third-order valence-electron chi connectivity index (χ3n) is 2.48. The van der Waals surface area contributed by atoms with Crippen LogP contribution in [0.1, 0.15) is 18.9 Å². The van der Waals surface area contributed by atoms with E-state index < -0.39 is 0 Å². The van der Waals surface area contributed by atoms with Gasteiger partial charge in [-0.3, -0.25) is 4.79 Å². The lowest BCUT2D eigenvalue weighted by atomic mass is 10.2. The molecule has 18 heavy (non-hydrogen) atoms. The van der Waals surface area contributed by atoms with E-state index in [0.29, 0.717) is 5.75 Å². The van der Waals surface area contributed by atoms with E-state index in [2.05, 4.69) is 12.2 Å². The standard InChI is InChI=1S/C13H19ClN2OS/c1-2-7-16-12(13(15)17)9-18-8-10-5-3-4-6-11(10)14/h3-6,12,16H,2,7-9H2,1H3,(H2,15,17). The summed E-state index contributed by atoms with van der Waals surface area (Å²) in [6.45, 7) is 2.86. The van der Waals surface area contributed by atoms with Gasteiger partial charge < -0.3 is 11.1 Å². The summed E-state index contributed by atoms with van der Waals surface area (Å²) in [4.78, 5) is 11.2. The molecule has 3 nitrogen and oxygen atoms in total. The summed E-state index contributed by atoms with van der Waals surface area (Å²) >= 11 is 7.72. The highest BCUT2D eigenvalue weighted by Gasteiger charge is 2.14. The van der Waals surface area contributed by atoms with E-state index in [9.17, 15) is 4.79 Å². The van der Waals surface area contributed by atoms with Gasteiger partial charge in [0.15, 0.2) is 0 Å². The van der Waals surface area contributed by atoms with E-state index in [4.69, 9.17) is 17.3 Å². The van der Waals surface area contributed by atoms with Crippen molar-refractivity contribution in [3.05, 3.63) is 34.9 Å². The van der Waals surface area contributed by atoms with Crippen LogP contribution in [-0.2, 0) is 10.5 Å². The van der Waals surface area contributed by atoms with Crippen LogP contribution < -0.4 is 11.1 Å². The number of rotatable bonds is 8. The molecule has 1 amide bonds. The molecule has 0 fully saturated rings. The summed E-state index contributed by atoms with van der Waals surface area (Å²) in [6, 6.07) is 7.47. The van der Waals surface area contributed by atoms with Crippen molar-refractivity contribution in [1.82, 2.24) is 5.32 Å². The number of nitrogens with one attached hydrogen (secondary N) is 1. The number of benzene rings is 1. The highest BCUT2D eigenvalue weighted by atomic mass is 35.5. The van der Waals surface area contributed by atoms with Crippen LogP contribution >= 0.6 is 23.4 Å². The quantitative estimate of drug-likeness (QED) is 0.772. The molecule has 3 N–H and O–H groups in total. The Labute approximate surface area is 117 Å². The summed E-state index contributed by atoms with van der Waals surface area (Å²) in [5.41, 5.74) is 6.43. The first-order valence-corrected chi connectivity index (χ1v) is 7.52. The molecule has 1 aromatic carbocycles. The number of primary amides is 1. The predicted molar refractivity (Wildman–Crippen MR) is 78.9 cm³/mol. The normalized spacial score (nSPS) is 12.3. The van der Waals surface area contributed by atoms with Gasteiger partial charge in [0.05, 0.1) is 6.04 Å². The number of hydrogen-bond donors (Lipinski definition) is 2. The minimum absolute atomic E-state index is 0.266. The first-order valence-electron chi connectivity index (χ1n) is 5.99. The molecule has 5 heteroatoms. The van der Waals surface area contributed by atoms with Gasteiger partial charge in [0.1, 0.15) is 0 Å². The summed E-state index contributed by atoms with van der Waals surface area (Å²) in [7, 11) is 0. The van der Waals surface area contributed by atoms with Crippen LogP contribution in [0.25, 0.3) is 0 Å². The number of carbonyl (C=O) groups is 1. The number of amides is 1. The van der Waals surface area contributed by atoms with E-state index in [1.54, 1.807) is 11.8 Å². The first-order chi connectivity index (χ1) is 8.65.